The Hall–Kier alpha value is -0.870. The van der Waals surface area contributed by atoms with Gasteiger partial charge in [-0.15, -0.1) is 24.2 Å². The van der Waals surface area contributed by atoms with Crippen LogP contribution in [-0.4, -0.2) is 16.8 Å². The van der Waals surface area contributed by atoms with Gasteiger partial charge in [0.15, 0.2) is 0 Å². The van der Waals surface area contributed by atoms with Gasteiger partial charge in [0, 0.05) is 4.90 Å². The Balaban J connectivity index is 0.00000256. The number of amidine groups is 1. The molecule has 0 saturated heterocycles. The lowest BCUT2D eigenvalue weighted by atomic mass is 9.87. The van der Waals surface area contributed by atoms with E-state index >= 15 is 0 Å². The summed E-state index contributed by atoms with van der Waals surface area (Å²) in [6.45, 7) is 6.56. The number of hydrogen-bond donors (Lipinski definition) is 2. The Morgan fingerprint density at radius 1 is 1.29 bits per heavy atom. The van der Waals surface area contributed by atoms with E-state index in [1.54, 1.807) is 11.8 Å². The predicted octanol–water partition coefficient (Wildman–Crippen LogP) is 3.24. The van der Waals surface area contributed by atoms with Crippen LogP contribution in [0.2, 0.25) is 0 Å². The summed E-state index contributed by atoms with van der Waals surface area (Å²) in [7, 11) is 0. The second kappa shape index (κ2) is 6.77. The van der Waals surface area contributed by atoms with Gasteiger partial charge < -0.3 is 10.9 Å². The van der Waals surface area contributed by atoms with Crippen LogP contribution in [0.1, 0.15) is 26.3 Å². The van der Waals surface area contributed by atoms with E-state index in [-0.39, 0.29) is 23.7 Å². The Kier molecular flexibility index (Phi) is 6.42. The first-order valence-electron chi connectivity index (χ1n) is 5.13. The first kappa shape index (κ1) is 16.1. The van der Waals surface area contributed by atoms with Crippen molar-refractivity contribution in [3.8, 4) is 0 Å². The van der Waals surface area contributed by atoms with Gasteiger partial charge in [0.05, 0.1) is 5.75 Å². The molecular weight excluding hydrogens is 256 g/mol. The molecule has 1 aromatic rings. The molecule has 1 rings (SSSR count). The van der Waals surface area contributed by atoms with Gasteiger partial charge >= 0.3 is 0 Å². The van der Waals surface area contributed by atoms with Crippen LogP contribution in [0, 0.1) is 0 Å². The standard InChI is InChI=1S/C12H18N2OS.ClH/c1-12(2,3)9-4-6-10(7-5-9)16-8-11(13)14-15;/h4-7,15H,8H2,1-3H3,(H2,13,14);1H. The molecule has 0 aromatic heterocycles. The van der Waals surface area contributed by atoms with Gasteiger partial charge in [-0.2, -0.15) is 0 Å². The number of rotatable bonds is 3. The summed E-state index contributed by atoms with van der Waals surface area (Å²) in [4.78, 5) is 1.12. The van der Waals surface area contributed by atoms with E-state index in [9.17, 15) is 0 Å². The second-order valence-electron chi connectivity index (χ2n) is 4.65. The molecule has 0 atom stereocenters. The fraction of sp³-hybridized carbons (Fsp3) is 0.417. The zero-order chi connectivity index (χ0) is 12.2. The minimum Gasteiger partial charge on any atom is -0.409 e. The first-order valence-corrected chi connectivity index (χ1v) is 6.12. The van der Waals surface area contributed by atoms with Gasteiger partial charge in [-0.1, -0.05) is 38.1 Å². The van der Waals surface area contributed by atoms with E-state index in [0.29, 0.717) is 5.75 Å². The highest BCUT2D eigenvalue weighted by Gasteiger charge is 2.12. The van der Waals surface area contributed by atoms with Gasteiger partial charge in [0.1, 0.15) is 5.84 Å². The summed E-state index contributed by atoms with van der Waals surface area (Å²) in [5, 5.41) is 11.3. The molecule has 5 heteroatoms. The Labute approximate surface area is 113 Å². The summed E-state index contributed by atoms with van der Waals surface area (Å²) in [5.41, 5.74) is 6.88. The number of halogens is 1. The third kappa shape index (κ3) is 5.33. The molecule has 0 radical (unpaired) electrons. The van der Waals surface area contributed by atoms with Crippen LogP contribution in [0.3, 0.4) is 0 Å². The van der Waals surface area contributed by atoms with Crippen molar-refractivity contribution in [2.45, 2.75) is 31.1 Å². The SMILES string of the molecule is CC(C)(C)c1ccc(SCC(N)=NO)cc1.Cl. The quantitative estimate of drug-likeness (QED) is 0.292. The van der Waals surface area contributed by atoms with Gasteiger partial charge in [-0.25, -0.2) is 0 Å². The summed E-state index contributed by atoms with van der Waals surface area (Å²) in [6.07, 6.45) is 0. The summed E-state index contributed by atoms with van der Waals surface area (Å²) >= 11 is 1.56. The molecule has 0 aliphatic heterocycles. The Bertz CT molecular complexity index is 371. The molecule has 0 spiro atoms. The summed E-state index contributed by atoms with van der Waals surface area (Å²) < 4.78 is 0. The number of nitrogens with two attached hydrogens (primary N) is 1. The molecule has 0 amide bonds. The molecule has 0 fully saturated rings. The van der Waals surface area contributed by atoms with E-state index in [2.05, 4.69) is 50.2 Å². The number of nitrogens with zero attached hydrogens (tertiary/aromatic N) is 1. The molecule has 0 aliphatic rings. The molecule has 0 aliphatic carbocycles. The topological polar surface area (TPSA) is 58.6 Å². The molecule has 0 saturated carbocycles. The lowest BCUT2D eigenvalue weighted by molar-refractivity contribution is 0.318. The summed E-state index contributed by atoms with van der Waals surface area (Å²) in [6, 6.07) is 8.37. The van der Waals surface area contributed by atoms with Gasteiger partial charge in [0.2, 0.25) is 0 Å². The van der Waals surface area contributed by atoms with Crippen LogP contribution in [0.15, 0.2) is 34.3 Å². The predicted molar refractivity (Wildman–Crippen MR) is 76.5 cm³/mol. The highest BCUT2D eigenvalue weighted by Crippen LogP contribution is 2.25. The van der Waals surface area contributed by atoms with Gasteiger partial charge in [-0.05, 0) is 23.1 Å². The highest BCUT2D eigenvalue weighted by molar-refractivity contribution is 8.00. The zero-order valence-corrected chi connectivity index (χ0v) is 11.9. The van der Waals surface area contributed by atoms with Crippen molar-refractivity contribution in [2.75, 3.05) is 5.75 Å². The maximum atomic E-state index is 8.41. The average molecular weight is 275 g/mol. The van der Waals surface area contributed by atoms with Crippen LogP contribution in [0.5, 0.6) is 0 Å². The average Bonchev–Trinajstić information content (AvgIpc) is 2.25. The molecule has 0 bridgehead atoms. The van der Waals surface area contributed by atoms with Crippen molar-refractivity contribution in [1.29, 1.82) is 0 Å². The third-order valence-electron chi connectivity index (χ3n) is 2.24. The zero-order valence-electron chi connectivity index (χ0n) is 10.3. The molecule has 17 heavy (non-hydrogen) atoms. The summed E-state index contributed by atoms with van der Waals surface area (Å²) in [5.74, 6) is 0.746. The smallest absolute Gasteiger partial charge is 0.149 e. The molecule has 3 N–H and O–H groups in total. The van der Waals surface area contributed by atoms with Crippen LogP contribution in [0.4, 0.5) is 0 Å². The van der Waals surface area contributed by atoms with Crippen LogP contribution < -0.4 is 5.73 Å². The van der Waals surface area contributed by atoms with E-state index in [0.717, 1.165) is 4.90 Å². The second-order valence-corrected chi connectivity index (χ2v) is 5.70. The van der Waals surface area contributed by atoms with Gasteiger partial charge in [-0.3, -0.25) is 0 Å². The molecule has 3 nitrogen and oxygen atoms in total. The van der Waals surface area contributed by atoms with Crippen LogP contribution in [0.25, 0.3) is 0 Å². The number of oxime groups is 1. The number of benzene rings is 1. The lowest BCUT2D eigenvalue weighted by Gasteiger charge is -2.18. The van der Waals surface area contributed by atoms with Crippen LogP contribution >= 0.6 is 24.2 Å². The van der Waals surface area contributed by atoms with E-state index in [1.165, 1.54) is 5.56 Å². The monoisotopic (exact) mass is 274 g/mol. The van der Waals surface area contributed by atoms with E-state index in [4.69, 9.17) is 10.9 Å². The van der Waals surface area contributed by atoms with Crippen molar-refractivity contribution < 1.29 is 5.21 Å². The molecule has 96 valence electrons. The molecule has 1 aromatic carbocycles. The fourth-order valence-electron chi connectivity index (χ4n) is 1.24. The van der Waals surface area contributed by atoms with Crippen LogP contribution in [-0.2, 0) is 5.41 Å². The largest absolute Gasteiger partial charge is 0.409 e. The maximum Gasteiger partial charge on any atom is 0.149 e. The van der Waals surface area contributed by atoms with Crippen molar-refractivity contribution >= 4 is 30.0 Å². The molecular formula is C12H19ClN2OS. The molecule has 0 unspecified atom stereocenters. The maximum absolute atomic E-state index is 8.41. The minimum atomic E-state index is 0. The fourth-order valence-corrected chi connectivity index (χ4v) is 1.94. The number of thioether (sulfide) groups is 1. The number of hydrogen-bond acceptors (Lipinski definition) is 3. The van der Waals surface area contributed by atoms with Crippen molar-refractivity contribution in [3.05, 3.63) is 29.8 Å². The highest BCUT2D eigenvalue weighted by atomic mass is 35.5. The Morgan fingerprint density at radius 3 is 2.24 bits per heavy atom. The van der Waals surface area contributed by atoms with Crippen molar-refractivity contribution in [2.24, 2.45) is 10.9 Å². The van der Waals surface area contributed by atoms with E-state index in [1.807, 2.05) is 0 Å². The van der Waals surface area contributed by atoms with E-state index < -0.39 is 0 Å². The third-order valence-corrected chi connectivity index (χ3v) is 3.28. The van der Waals surface area contributed by atoms with Gasteiger partial charge in [0.25, 0.3) is 0 Å². The molecule has 0 heterocycles. The van der Waals surface area contributed by atoms with Crippen molar-refractivity contribution in [3.63, 3.8) is 0 Å². The lowest BCUT2D eigenvalue weighted by Crippen LogP contribution is -2.14. The first-order chi connectivity index (χ1) is 7.43. The Morgan fingerprint density at radius 2 is 1.82 bits per heavy atom. The normalized spacial score (nSPS) is 12.1. The minimum absolute atomic E-state index is 0. The van der Waals surface area contributed by atoms with Crippen molar-refractivity contribution in [1.82, 2.24) is 0 Å².